The lowest BCUT2D eigenvalue weighted by Gasteiger charge is -2.12. The number of hydrogen-bond acceptors (Lipinski definition) is 1. The third-order valence-corrected chi connectivity index (χ3v) is 5.84. The molecule has 0 aromatic carbocycles. The lowest BCUT2D eigenvalue weighted by atomic mass is 9.97. The zero-order chi connectivity index (χ0) is 14.5. The molecule has 0 radical (unpaired) electrons. The van der Waals surface area contributed by atoms with E-state index < -0.39 is 0 Å². The van der Waals surface area contributed by atoms with E-state index in [1.54, 1.807) is 0 Å². The zero-order valence-corrected chi connectivity index (χ0v) is 13.9. The number of rotatable bonds is 12. The first-order valence-electron chi connectivity index (χ1n) is 9.20. The van der Waals surface area contributed by atoms with Gasteiger partial charge in [0.2, 0.25) is 0 Å². The molecule has 2 fully saturated rings. The Morgan fingerprint density at radius 2 is 1.10 bits per heavy atom. The van der Waals surface area contributed by atoms with Crippen molar-refractivity contribution in [3.8, 4) is 0 Å². The highest BCUT2D eigenvalue weighted by molar-refractivity contribution is 4.88. The summed E-state index contributed by atoms with van der Waals surface area (Å²) in [6.07, 6.45) is 18.6. The molecule has 0 heterocycles. The molecule has 1 nitrogen and oxygen atoms in total. The highest BCUT2D eigenvalue weighted by atomic mass is 16.3. The van der Waals surface area contributed by atoms with Gasteiger partial charge in [0.1, 0.15) is 0 Å². The molecule has 0 aromatic heterocycles. The Kier molecular flexibility index (Phi) is 5.95. The fourth-order valence-electron chi connectivity index (χ4n) is 3.29. The Balaban J connectivity index is 1.33. The first kappa shape index (κ1) is 16.3. The van der Waals surface area contributed by atoms with Crippen molar-refractivity contribution in [2.45, 2.75) is 110 Å². The van der Waals surface area contributed by atoms with E-state index in [1.165, 1.54) is 77.0 Å². The fourth-order valence-corrected chi connectivity index (χ4v) is 3.29. The van der Waals surface area contributed by atoms with Gasteiger partial charge in [-0.3, -0.25) is 0 Å². The fraction of sp³-hybridized carbons (Fsp3) is 1.00. The third-order valence-electron chi connectivity index (χ3n) is 5.84. The number of hydrogen-bond donors (Lipinski definition) is 1. The third kappa shape index (κ3) is 6.61. The van der Waals surface area contributed by atoms with E-state index in [0.29, 0.717) is 0 Å². The lowest BCUT2D eigenvalue weighted by molar-refractivity contribution is 0.146. The summed E-state index contributed by atoms with van der Waals surface area (Å²) < 4.78 is 0. The van der Waals surface area contributed by atoms with Crippen molar-refractivity contribution in [2.75, 3.05) is 0 Å². The molecule has 0 amide bonds. The van der Waals surface area contributed by atoms with Gasteiger partial charge in [-0.2, -0.15) is 0 Å². The van der Waals surface area contributed by atoms with Gasteiger partial charge in [0.25, 0.3) is 0 Å². The van der Waals surface area contributed by atoms with Gasteiger partial charge in [-0.25, -0.2) is 0 Å². The van der Waals surface area contributed by atoms with Crippen LogP contribution in [0.3, 0.4) is 0 Å². The van der Waals surface area contributed by atoms with E-state index in [0.717, 1.165) is 23.7 Å². The average Bonchev–Trinajstić information content (AvgIpc) is 3.30. The van der Waals surface area contributed by atoms with Crippen LogP contribution in [0.15, 0.2) is 0 Å². The summed E-state index contributed by atoms with van der Waals surface area (Å²) in [6.45, 7) is 4.84. The van der Waals surface area contributed by atoms with Crippen LogP contribution in [0.4, 0.5) is 0 Å². The molecule has 0 aromatic rings. The Morgan fingerprint density at radius 3 is 1.45 bits per heavy atom. The van der Waals surface area contributed by atoms with Gasteiger partial charge in [-0.1, -0.05) is 52.4 Å². The van der Waals surface area contributed by atoms with E-state index >= 15 is 0 Å². The van der Waals surface area contributed by atoms with Crippen LogP contribution in [0.5, 0.6) is 0 Å². The largest absolute Gasteiger partial charge is 0.393 e. The summed E-state index contributed by atoms with van der Waals surface area (Å²) in [5, 5.41) is 9.99. The predicted molar refractivity (Wildman–Crippen MR) is 86.9 cm³/mol. The molecule has 2 saturated carbocycles. The highest BCUT2D eigenvalue weighted by Crippen LogP contribution is 2.49. The topological polar surface area (TPSA) is 20.2 Å². The summed E-state index contributed by atoms with van der Waals surface area (Å²) in [5.41, 5.74) is 1.44. The van der Waals surface area contributed by atoms with Crippen LogP contribution in [-0.4, -0.2) is 11.2 Å². The van der Waals surface area contributed by atoms with Crippen LogP contribution in [0.2, 0.25) is 0 Å². The maximum atomic E-state index is 9.99. The first-order chi connectivity index (χ1) is 9.52. The quantitative estimate of drug-likeness (QED) is 0.445. The molecule has 0 spiro atoms. The minimum atomic E-state index is -0.0250. The SMILES string of the molecule is CC1(CCCCCC(O)CCCCCC2(C)CC2)CC1. The Morgan fingerprint density at radius 1 is 0.700 bits per heavy atom. The standard InChI is InChI=1S/C19H36O/c1-18(13-14-18)11-7-3-5-9-17(20)10-6-4-8-12-19(2)15-16-19/h17,20H,3-16H2,1-2H3. The first-order valence-corrected chi connectivity index (χ1v) is 9.20. The van der Waals surface area contributed by atoms with Gasteiger partial charge >= 0.3 is 0 Å². The molecule has 0 aliphatic heterocycles. The summed E-state index contributed by atoms with van der Waals surface area (Å²) >= 11 is 0. The van der Waals surface area contributed by atoms with Crippen molar-refractivity contribution in [1.82, 2.24) is 0 Å². The number of aliphatic hydroxyl groups is 1. The Hall–Kier alpha value is -0.0400. The van der Waals surface area contributed by atoms with Crippen molar-refractivity contribution in [3.63, 3.8) is 0 Å². The van der Waals surface area contributed by atoms with E-state index in [1.807, 2.05) is 0 Å². The molecule has 0 atom stereocenters. The van der Waals surface area contributed by atoms with Gasteiger partial charge in [-0.15, -0.1) is 0 Å². The summed E-state index contributed by atoms with van der Waals surface area (Å²) in [5.74, 6) is 0. The monoisotopic (exact) mass is 280 g/mol. The van der Waals surface area contributed by atoms with Crippen LogP contribution >= 0.6 is 0 Å². The lowest BCUT2D eigenvalue weighted by Crippen LogP contribution is -2.06. The minimum absolute atomic E-state index is 0.0250. The molecule has 20 heavy (non-hydrogen) atoms. The van der Waals surface area contributed by atoms with Crippen molar-refractivity contribution in [2.24, 2.45) is 10.8 Å². The van der Waals surface area contributed by atoms with E-state index in [2.05, 4.69) is 13.8 Å². The molecule has 118 valence electrons. The Labute approximate surface area is 126 Å². The van der Waals surface area contributed by atoms with Crippen LogP contribution in [-0.2, 0) is 0 Å². The second-order valence-electron chi connectivity index (χ2n) is 8.47. The maximum Gasteiger partial charge on any atom is 0.0540 e. The maximum absolute atomic E-state index is 9.99. The zero-order valence-electron chi connectivity index (χ0n) is 13.9. The van der Waals surface area contributed by atoms with Gasteiger partial charge in [-0.05, 0) is 62.2 Å². The van der Waals surface area contributed by atoms with Crippen molar-refractivity contribution in [3.05, 3.63) is 0 Å². The van der Waals surface area contributed by atoms with Crippen molar-refractivity contribution >= 4 is 0 Å². The van der Waals surface area contributed by atoms with Crippen LogP contribution in [0, 0.1) is 10.8 Å². The molecule has 0 bridgehead atoms. The van der Waals surface area contributed by atoms with Gasteiger partial charge in [0.05, 0.1) is 6.10 Å². The van der Waals surface area contributed by atoms with E-state index in [4.69, 9.17) is 0 Å². The highest BCUT2D eigenvalue weighted by Gasteiger charge is 2.36. The number of aliphatic hydroxyl groups excluding tert-OH is 1. The van der Waals surface area contributed by atoms with Crippen molar-refractivity contribution in [1.29, 1.82) is 0 Å². The molecule has 2 rings (SSSR count). The second-order valence-corrected chi connectivity index (χ2v) is 8.47. The van der Waals surface area contributed by atoms with Gasteiger partial charge in [0, 0.05) is 0 Å². The van der Waals surface area contributed by atoms with E-state index in [-0.39, 0.29) is 6.10 Å². The van der Waals surface area contributed by atoms with Crippen LogP contribution in [0.25, 0.3) is 0 Å². The molecule has 2 aliphatic carbocycles. The molecule has 0 saturated heterocycles. The second kappa shape index (κ2) is 7.29. The average molecular weight is 280 g/mol. The molecule has 2 aliphatic rings. The molecule has 1 N–H and O–H groups in total. The van der Waals surface area contributed by atoms with Crippen molar-refractivity contribution < 1.29 is 5.11 Å². The predicted octanol–water partition coefficient (Wildman–Crippen LogP) is 5.85. The molecule has 1 heteroatoms. The molecular weight excluding hydrogens is 244 g/mol. The molecule has 0 unspecified atom stereocenters. The smallest absolute Gasteiger partial charge is 0.0540 e. The Bertz CT molecular complexity index is 247. The van der Waals surface area contributed by atoms with E-state index in [9.17, 15) is 5.11 Å². The summed E-state index contributed by atoms with van der Waals surface area (Å²) in [4.78, 5) is 0. The number of unbranched alkanes of at least 4 members (excludes halogenated alkanes) is 4. The minimum Gasteiger partial charge on any atom is -0.393 e. The van der Waals surface area contributed by atoms with Crippen LogP contribution < -0.4 is 0 Å². The molecular formula is C19H36O. The van der Waals surface area contributed by atoms with Crippen LogP contribution in [0.1, 0.15) is 104 Å². The normalized spacial score (nSPS) is 22.2. The summed E-state index contributed by atoms with van der Waals surface area (Å²) in [6, 6.07) is 0. The van der Waals surface area contributed by atoms with Gasteiger partial charge < -0.3 is 5.11 Å². The summed E-state index contributed by atoms with van der Waals surface area (Å²) in [7, 11) is 0. The van der Waals surface area contributed by atoms with Gasteiger partial charge in [0.15, 0.2) is 0 Å².